The zero-order valence-corrected chi connectivity index (χ0v) is 19.6. The first-order chi connectivity index (χ1) is 15.8. The minimum atomic E-state index is -0.903. The van der Waals surface area contributed by atoms with E-state index in [9.17, 15) is 14.4 Å². The van der Waals surface area contributed by atoms with E-state index in [0.717, 1.165) is 21.0 Å². The maximum atomic E-state index is 13.2. The maximum absolute atomic E-state index is 13.2. The zero-order valence-electron chi connectivity index (χ0n) is 18.0. The van der Waals surface area contributed by atoms with E-state index >= 15 is 0 Å². The number of aromatic nitrogens is 1. The van der Waals surface area contributed by atoms with Crippen LogP contribution in [0, 0.1) is 13.8 Å². The number of amides is 3. The third-order valence-corrected chi connectivity index (χ3v) is 5.57. The van der Waals surface area contributed by atoms with Crippen molar-refractivity contribution in [3.63, 3.8) is 0 Å². The van der Waals surface area contributed by atoms with E-state index in [-0.39, 0.29) is 5.69 Å². The van der Waals surface area contributed by atoms with Crippen LogP contribution in [-0.4, -0.2) is 22.4 Å². The van der Waals surface area contributed by atoms with Crippen molar-refractivity contribution in [1.29, 1.82) is 0 Å². The Kier molecular flexibility index (Phi) is 6.28. The molecule has 8 heteroatoms. The second kappa shape index (κ2) is 9.30. The first kappa shape index (κ1) is 22.3. The molecule has 166 valence electrons. The summed E-state index contributed by atoms with van der Waals surface area (Å²) in [6.07, 6.45) is 0. The normalized spacial score (nSPS) is 10.6. The number of carbonyl (C=O) groups excluding carboxylic acids is 3. The Balaban J connectivity index is 1.65. The van der Waals surface area contributed by atoms with E-state index in [1.54, 1.807) is 48.5 Å². The predicted octanol–water partition coefficient (Wildman–Crippen LogP) is 4.98. The summed E-state index contributed by atoms with van der Waals surface area (Å²) in [5.74, 6) is -2.17. The number of nitrogens with zero attached hydrogens (tertiary/aromatic N) is 1. The van der Waals surface area contributed by atoms with Gasteiger partial charge in [0.1, 0.15) is 5.69 Å². The van der Waals surface area contributed by atoms with Gasteiger partial charge in [-0.05, 0) is 61.9 Å². The van der Waals surface area contributed by atoms with Crippen LogP contribution >= 0.6 is 15.9 Å². The van der Waals surface area contributed by atoms with E-state index in [0.29, 0.717) is 16.9 Å². The van der Waals surface area contributed by atoms with Crippen molar-refractivity contribution in [3.8, 4) is 0 Å². The molecule has 3 N–H and O–H groups in total. The summed E-state index contributed by atoms with van der Waals surface area (Å²) in [5.41, 5.74) is 6.47. The lowest BCUT2D eigenvalue weighted by atomic mass is 10.1. The van der Waals surface area contributed by atoms with E-state index < -0.39 is 17.7 Å². The van der Waals surface area contributed by atoms with Crippen molar-refractivity contribution in [2.24, 2.45) is 0 Å². The SMILES string of the molecule is Cc1ccc(NC(=O)c2cc3cc(Br)ccc3n2NC(=O)C(=O)Nc2ccccc2)c(C)c1. The summed E-state index contributed by atoms with van der Waals surface area (Å²) < 4.78 is 2.15. The van der Waals surface area contributed by atoms with Gasteiger partial charge in [-0.25, -0.2) is 4.68 Å². The van der Waals surface area contributed by atoms with E-state index in [4.69, 9.17) is 0 Å². The molecular formula is C25H21BrN4O3. The molecule has 3 aromatic carbocycles. The fourth-order valence-corrected chi connectivity index (χ4v) is 3.85. The van der Waals surface area contributed by atoms with Crippen LogP contribution in [0.25, 0.3) is 10.9 Å². The molecule has 0 unspecified atom stereocenters. The van der Waals surface area contributed by atoms with Gasteiger partial charge in [0, 0.05) is 21.2 Å². The number of nitrogens with one attached hydrogen (secondary N) is 3. The zero-order chi connectivity index (χ0) is 23.5. The van der Waals surface area contributed by atoms with Gasteiger partial charge >= 0.3 is 11.8 Å². The smallest absolute Gasteiger partial charge is 0.320 e. The average molecular weight is 505 g/mol. The Hall–Kier alpha value is -3.91. The molecule has 1 aromatic heterocycles. The molecule has 3 amide bonds. The Morgan fingerprint density at radius 3 is 2.30 bits per heavy atom. The van der Waals surface area contributed by atoms with Crippen molar-refractivity contribution in [3.05, 3.63) is 94.1 Å². The summed E-state index contributed by atoms with van der Waals surface area (Å²) in [7, 11) is 0. The lowest BCUT2D eigenvalue weighted by Crippen LogP contribution is -2.36. The maximum Gasteiger partial charge on any atom is 0.328 e. The topological polar surface area (TPSA) is 92.2 Å². The third kappa shape index (κ3) is 4.96. The van der Waals surface area contributed by atoms with Crippen molar-refractivity contribution in [2.45, 2.75) is 13.8 Å². The fraction of sp³-hybridized carbons (Fsp3) is 0.0800. The van der Waals surface area contributed by atoms with Gasteiger partial charge < -0.3 is 10.6 Å². The molecule has 0 aliphatic heterocycles. The Morgan fingerprint density at radius 2 is 1.58 bits per heavy atom. The van der Waals surface area contributed by atoms with E-state index in [2.05, 4.69) is 32.0 Å². The van der Waals surface area contributed by atoms with Gasteiger partial charge in [0.15, 0.2) is 0 Å². The molecule has 4 aromatic rings. The van der Waals surface area contributed by atoms with Crippen LogP contribution in [0.2, 0.25) is 0 Å². The molecule has 0 aliphatic carbocycles. The summed E-state index contributed by atoms with van der Waals surface area (Å²) in [6.45, 7) is 3.88. The number of anilines is 2. The highest BCUT2D eigenvalue weighted by molar-refractivity contribution is 9.10. The molecule has 0 saturated carbocycles. The van der Waals surface area contributed by atoms with Gasteiger partial charge in [-0.2, -0.15) is 0 Å². The van der Waals surface area contributed by atoms with Crippen molar-refractivity contribution in [2.75, 3.05) is 16.1 Å². The van der Waals surface area contributed by atoms with Crippen LogP contribution in [0.1, 0.15) is 21.6 Å². The minimum absolute atomic E-state index is 0.184. The van der Waals surface area contributed by atoms with Gasteiger partial charge in [0.05, 0.1) is 5.52 Å². The molecule has 0 bridgehead atoms. The highest BCUT2D eigenvalue weighted by Gasteiger charge is 2.21. The van der Waals surface area contributed by atoms with E-state index in [1.807, 2.05) is 38.1 Å². The molecule has 33 heavy (non-hydrogen) atoms. The van der Waals surface area contributed by atoms with Crippen LogP contribution in [-0.2, 0) is 9.59 Å². The number of hydrogen-bond acceptors (Lipinski definition) is 3. The summed E-state index contributed by atoms with van der Waals surface area (Å²) in [6, 6.07) is 21.4. The Labute approximate surface area is 198 Å². The van der Waals surface area contributed by atoms with Gasteiger partial charge in [0.25, 0.3) is 5.91 Å². The molecule has 4 rings (SSSR count). The van der Waals surface area contributed by atoms with Crippen LogP contribution in [0.15, 0.2) is 77.3 Å². The predicted molar refractivity (Wildman–Crippen MR) is 133 cm³/mol. The minimum Gasteiger partial charge on any atom is -0.320 e. The first-order valence-electron chi connectivity index (χ1n) is 10.2. The summed E-state index contributed by atoms with van der Waals surface area (Å²) >= 11 is 3.42. The largest absolute Gasteiger partial charge is 0.328 e. The number of fused-ring (bicyclic) bond motifs is 1. The van der Waals surface area contributed by atoms with Crippen molar-refractivity contribution in [1.82, 2.24) is 4.68 Å². The molecule has 0 atom stereocenters. The number of para-hydroxylation sites is 1. The quantitative estimate of drug-likeness (QED) is 0.342. The number of benzene rings is 3. The van der Waals surface area contributed by atoms with Crippen LogP contribution in [0.5, 0.6) is 0 Å². The van der Waals surface area contributed by atoms with Crippen molar-refractivity contribution >= 4 is 55.9 Å². The Morgan fingerprint density at radius 1 is 0.818 bits per heavy atom. The van der Waals surface area contributed by atoms with E-state index in [1.165, 1.54) is 4.68 Å². The van der Waals surface area contributed by atoms with Gasteiger partial charge in [-0.15, -0.1) is 0 Å². The molecule has 7 nitrogen and oxygen atoms in total. The molecule has 0 spiro atoms. The number of rotatable bonds is 4. The molecule has 0 aliphatic rings. The third-order valence-electron chi connectivity index (χ3n) is 5.08. The number of halogens is 1. The second-order valence-corrected chi connectivity index (χ2v) is 8.52. The van der Waals surface area contributed by atoms with Crippen LogP contribution in [0.3, 0.4) is 0 Å². The molecule has 0 radical (unpaired) electrons. The van der Waals surface area contributed by atoms with Crippen LogP contribution < -0.4 is 16.1 Å². The molecule has 0 fully saturated rings. The van der Waals surface area contributed by atoms with Gasteiger partial charge in [-0.1, -0.05) is 51.8 Å². The second-order valence-electron chi connectivity index (χ2n) is 7.60. The Bertz CT molecular complexity index is 1380. The summed E-state index contributed by atoms with van der Waals surface area (Å²) in [5, 5.41) is 6.15. The number of carbonyl (C=O) groups is 3. The molecule has 0 saturated heterocycles. The lowest BCUT2D eigenvalue weighted by molar-refractivity contribution is -0.133. The molecule has 1 heterocycles. The number of hydrogen-bond donors (Lipinski definition) is 3. The van der Waals surface area contributed by atoms with Gasteiger partial charge in [-0.3, -0.25) is 19.8 Å². The highest BCUT2D eigenvalue weighted by atomic mass is 79.9. The highest BCUT2D eigenvalue weighted by Crippen LogP contribution is 2.24. The summed E-state index contributed by atoms with van der Waals surface area (Å²) in [4.78, 5) is 38.3. The lowest BCUT2D eigenvalue weighted by Gasteiger charge is -2.14. The fourth-order valence-electron chi connectivity index (χ4n) is 3.48. The monoisotopic (exact) mass is 504 g/mol. The van der Waals surface area contributed by atoms with Crippen molar-refractivity contribution < 1.29 is 14.4 Å². The standard InChI is InChI=1S/C25H21BrN4O3/c1-15-8-10-20(16(2)12-15)28-23(31)22-14-17-13-18(26)9-11-21(17)30(22)29-25(33)24(32)27-19-6-4-3-5-7-19/h3-14H,1-2H3,(H,27,32)(H,28,31)(H,29,33). The number of aryl methyl sites for hydroxylation is 2. The molecular weight excluding hydrogens is 484 g/mol. The average Bonchev–Trinajstić information content (AvgIpc) is 3.13. The van der Waals surface area contributed by atoms with Crippen LogP contribution in [0.4, 0.5) is 11.4 Å². The van der Waals surface area contributed by atoms with Gasteiger partial charge in [0.2, 0.25) is 0 Å². The first-order valence-corrected chi connectivity index (χ1v) is 11.0.